The summed E-state index contributed by atoms with van der Waals surface area (Å²) in [7, 11) is -2.13. The average Bonchev–Trinajstić information content (AvgIpc) is 2.85. The first-order chi connectivity index (χ1) is 12.5. The predicted molar refractivity (Wildman–Crippen MR) is 110 cm³/mol. The molecule has 0 aliphatic carbocycles. The van der Waals surface area contributed by atoms with Crippen molar-refractivity contribution in [3.8, 4) is 22.8 Å². The molecule has 0 bridgehead atoms. The summed E-state index contributed by atoms with van der Waals surface area (Å²) in [6, 6.07) is 4.39. The fourth-order valence-corrected chi connectivity index (χ4v) is 4.11. The van der Waals surface area contributed by atoms with Gasteiger partial charge in [-0.15, -0.1) is 0 Å². The Kier molecular flexibility index (Phi) is 7.51. The Morgan fingerprint density at radius 1 is 1.44 bits per heavy atom. The maximum atomic E-state index is 14.4. The lowest BCUT2D eigenvalue weighted by molar-refractivity contribution is 0.438. The number of nitrogens with one attached hydrogen (secondary N) is 1. The van der Waals surface area contributed by atoms with Crippen LogP contribution in [-0.4, -0.2) is 28.7 Å². The molecule has 0 saturated heterocycles. The molecule has 150 valence electrons. The van der Waals surface area contributed by atoms with Gasteiger partial charge in [-0.05, 0) is 38.2 Å². The Balaban J connectivity index is 2.48. The maximum absolute atomic E-state index is 14.4. The highest BCUT2D eigenvalue weighted by Gasteiger charge is 2.31. The van der Waals surface area contributed by atoms with Gasteiger partial charge in [0.1, 0.15) is 0 Å². The molecule has 1 heterocycles. The highest BCUT2D eigenvalue weighted by molar-refractivity contribution is 9.09. The van der Waals surface area contributed by atoms with E-state index in [9.17, 15) is 13.7 Å². The Morgan fingerprint density at radius 3 is 2.70 bits per heavy atom. The monoisotopic (exact) mass is 499 g/mol. The zero-order valence-electron chi connectivity index (χ0n) is 14.9. The number of hydrogen-bond acceptors (Lipinski definition) is 4. The molecule has 3 N–H and O–H groups in total. The number of furan rings is 1. The van der Waals surface area contributed by atoms with Crippen LogP contribution in [0.1, 0.15) is 17.0 Å². The Morgan fingerprint density at radius 2 is 2.11 bits per heavy atom. The SMILES string of the molecule is C[Si](C)(C)Oc1c(C(Br)CCNS(=O)O)oc(-c2cccc(Cl)c2F)c1O. The summed E-state index contributed by atoms with van der Waals surface area (Å²) in [5.74, 6) is -0.693. The molecular formula is C16H20BrClFNO5SSi. The van der Waals surface area contributed by atoms with Crippen LogP contribution in [0.4, 0.5) is 4.39 Å². The number of halogens is 3. The van der Waals surface area contributed by atoms with Gasteiger partial charge >= 0.3 is 0 Å². The van der Waals surface area contributed by atoms with Crippen LogP contribution in [0, 0.1) is 5.82 Å². The van der Waals surface area contributed by atoms with E-state index in [1.165, 1.54) is 12.1 Å². The number of alkyl halides is 1. The standard InChI is InChI=1S/C16H20BrClFNO5SSi/c1-27(2,3)25-16-13(21)14(9-5-4-6-11(18)12(9)19)24-15(16)10(17)7-8-20-26(22)23/h4-6,10,20-21H,7-8H2,1-3H3,(H,22,23). The maximum Gasteiger partial charge on any atom is 0.242 e. The van der Waals surface area contributed by atoms with Crippen molar-refractivity contribution < 1.29 is 27.1 Å². The normalized spacial score (nSPS) is 14.2. The Labute approximate surface area is 173 Å². The van der Waals surface area contributed by atoms with Gasteiger partial charge in [0.25, 0.3) is 0 Å². The average molecular weight is 501 g/mol. The molecule has 27 heavy (non-hydrogen) atoms. The largest absolute Gasteiger partial charge is 0.539 e. The fourth-order valence-electron chi connectivity index (χ4n) is 2.30. The number of hydrogen-bond donors (Lipinski definition) is 3. The Hall–Kier alpha value is -0.913. The summed E-state index contributed by atoms with van der Waals surface area (Å²) >= 11 is 7.14. The minimum atomic E-state index is -2.13. The van der Waals surface area contributed by atoms with Crippen LogP contribution in [0.25, 0.3) is 11.3 Å². The van der Waals surface area contributed by atoms with E-state index in [-0.39, 0.29) is 40.2 Å². The number of benzene rings is 1. The van der Waals surface area contributed by atoms with Crippen LogP contribution >= 0.6 is 27.5 Å². The summed E-state index contributed by atoms with van der Waals surface area (Å²) in [5, 5.41) is 10.6. The van der Waals surface area contributed by atoms with Gasteiger partial charge in [-0.1, -0.05) is 33.6 Å². The molecule has 0 amide bonds. The third-order valence-electron chi connectivity index (χ3n) is 3.38. The van der Waals surface area contributed by atoms with E-state index in [0.29, 0.717) is 6.42 Å². The van der Waals surface area contributed by atoms with E-state index in [4.69, 9.17) is 25.0 Å². The molecule has 1 aromatic heterocycles. The van der Waals surface area contributed by atoms with Gasteiger partial charge in [0.15, 0.2) is 23.1 Å². The topological polar surface area (TPSA) is 91.9 Å². The highest BCUT2D eigenvalue weighted by Crippen LogP contribution is 2.49. The van der Waals surface area contributed by atoms with Crippen LogP contribution in [0.15, 0.2) is 22.6 Å². The van der Waals surface area contributed by atoms with Crippen molar-refractivity contribution in [2.45, 2.75) is 30.9 Å². The van der Waals surface area contributed by atoms with Gasteiger partial charge in [-0.3, -0.25) is 4.55 Å². The second-order valence-corrected chi connectivity index (χ2v) is 13.4. The van der Waals surface area contributed by atoms with Gasteiger partial charge < -0.3 is 13.9 Å². The minimum absolute atomic E-state index is 0.0148. The second kappa shape index (κ2) is 9.06. The smallest absolute Gasteiger partial charge is 0.242 e. The number of rotatable bonds is 8. The van der Waals surface area contributed by atoms with Crippen LogP contribution in [0.2, 0.25) is 24.7 Å². The summed E-state index contributed by atoms with van der Waals surface area (Å²) in [6.45, 7) is 6.00. The molecule has 6 nitrogen and oxygen atoms in total. The summed E-state index contributed by atoms with van der Waals surface area (Å²) < 4.78 is 48.1. The van der Waals surface area contributed by atoms with Crippen LogP contribution in [0.3, 0.4) is 0 Å². The number of aromatic hydroxyl groups is 1. The van der Waals surface area contributed by atoms with E-state index in [1.807, 2.05) is 19.6 Å². The van der Waals surface area contributed by atoms with E-state index >= 15 is 0 Å². The highest BCUT2D eigenvalue weighted by atomic mass is 79.9. The lowest BCUT2D eigenvalue weighted by Gasteiger charge is -2.20. The molecule has 0 radical (unpaired) electrons. The van der Waals surface area contributed by atoms with Crippen molar-refractivity contribution >= 4 is 47.1 Å². The molecule has 11 heteroatoms. The molecule has 0 aliphatic heterocycles. The van der Waals surface area contributed by atoms with Crippen LogP contribution in [-0.2, 0) is 11.3 Å². The molecule has 0 saturated carbocycles. The van der Waals surface area contributed by atoms with Crippen molar-refractivity contribution in [3.05, 3.63) is 34.8 Å². The molecule has 2 rings (SSSR count). The first kappa shape index (κ1) is 22.4. The van der Waals surface area contributed by atoms with E-state index < -0.39 is 30.2 Å². The van der Waals surface area contributed by atoms with Crippen molar-refractivity contribution in [3.63, 3.8) is 0 Å². The first-order valence-corrected chi connectivity index (χ1v) is 13.8. The van der Waals surface area contributed by atoms with Gasteiger partial charge in [0.05, 0.1) is 15.4 Å². The van der Waals surface area contributed by atoms with Crippen molar-refractivity contribution in [1.82, 2.24) is 4.72 Å². The van der Waals surface area contributed by atoms with E-state index in [0.717, 1.165) is 0 Å². The van der Waals surface area contributed by atoms with Crippen molar-refractivity contribution in [2.24, 2.45) is 0 Å². The predicted octanol–water partition coefficient (Wildman–Crippen LogP) is 5.21. The molecule has 1 aromatic carbocycles. The third kappa shape index (κ3) is 5.78. The summed E-state index contributed by atoms with van der Waals surface area (Å²) in [6.07, 6.45) is 0.360. The van der Waals surface area contributed by atoms with Gasteiger partial charge in [-0.2, -0.15) is 0 Å². The van der Waals surface area contributed by atoms with Crippen LogP contribution in [0.5, 0.6) is 11.5 Å². The van der Waals surface area contributed by atoms with Crippen LogP contribution < -0.4 is 9.15 Å². The van der Waals surface area contributed by atoms with Crippen molar-refractivity contribution in [1.29, 1.82) is 0 Å². The lowest BCUT2D eigenvalue weighted by Crippen LogP contribution is -2.29. The fraction of sp³-hybridized carbons (Fsp3) is 0.375. The lowest BCUT2D eigenvalue weighted by atomic mass is 10.1. The van der Waals surface area contributed by atoms with Crippen molar-refractivity contribution in [2.75, 3.05) is 6.54 Å². The summed E-state index contributed by atoms with van der Waals surface area (Å²) in [5.41, 5.74) is 0.0148. The zero-order valence-corrected chi connectivity index (χ0v) is 19.0. The molecule has 2 atom stereocenters. The quantitative estimate of drug-likeness (QED) is 0.263. The molecule has 0 fully saturated rings. The minimum Gasteiger partial charge on any atom is -0.539 e. The zero-order chi connectivity index (χ0) is 20.4. The van der Waals surface area contributed by atoms with E-state index in [1.54, 1.807) is 6.07 Å². The van der Waals surface area contributed by atoms with Gasteiger partial charge in [-0.25, -0.2) is 13.3 Å². The van der Waals surface area contributed by atoms with Gasteiger partial charge in [0, 0.05) is 6.54 Å². The third-order valence-corrected chi connectivity index (χ3v) is 5.81. The van der Waals surface area contributed by atoms with E-state index in [2.05, 4.69) is 20.7 Å². The first-order valence-electron chi connectivity index (χ1n) is 7.98. The second-order valence-electron chi connectivity index (χ2n) is 6.69. The summed E-state index contributed by atoms with van der Waals surface area (Å²) in [4.78, 5) is -0.443. The molecule has 0 spiro atoms. The Bertz CT molecular complexity index is 845. The molecular weight excluding hydrogens is 481 g/mol. The molecule has 2 aromatic rings. The van der Waals surface area contributed by atoms with Gasteiger partial charge in [0.2, 0.25) is 25.3 Å². The molecule has 2 unspecified atom stereocenters. The molecule has 0 aliphatic rings.